The summed E-state index contributed by atoms with van der Waals surface area (Å²) in [6.45, 7) is 4.71. The standard InChI is InChI=1S/C23H22Cl2F3N3O5/c1-12(10-30-16(9-29)21(33)35-4)36-17-7-6-15(19(24)20(17)25)13(2)22(34,23(26,27)28)14-5-8-18(32)31(3)11-14/h5-11,13,34H,1,29H2,2-4H3/b16-9-,30-10?/t13-,22-/m1/s1. The van der Waals surface area contributed by atoms with Crippen molar-refractivity contribution in [3.8, 4) is 5.75 Å². The topological polar surface area (TPSA) is 116 Å². The van der Waals surface area contributed by atoms with E-state index in [1.807, 2.05) is 0 Å². The van der Waals surface area contributed by atoms with Gasteiger partial charge < -0.3 is 24.9 Å². The zero-order valence-corrected chi connectivity index (χ0v) is 20.8. The predicted octanol–water partition coefficient (Wildman–Crippen LogP) is 4.18. The fourth-order valence-electron chi connectivity index (χ4n) is 3.24. The molecule has 1 aromatic heterocycles. The van der Waals surface area contributed by atoms with Gasteiger partial charge in [-0.15, -0.1) is 0 Å². The summed E-state index contributed by atoms with van der Waals surface area (Å²) in [6, 6.07) is 4.26. The van der Waals surface area contributed by atoms with E-state index in [2.05, 4.69) is 16.3 Å². The average molecular weight is 548 g/mol. The number of aryl methyl sites for hydroxylation is 1. The van der Waals surface area contributed by atoms with Gasteiger partial charge in [0.1, 0.15) is 16.5 Å². The first-order valence-electron chi connectivity index (χ1n) is 10.0. The molecule has 0 fully saturated rings. The third-order valence-electron chi connectivity index (χ3n) is 5.27. The molecule has 2 aromatic rings. The molecule has 3 N–H and O–H groups in total. The number of methoxy groups -OCH3 is 1. The van der Waals surface area contributed by atoms with Crippen LogP contribution in [0.1, 0.15) is 24.0 Å². The summed E-state index contributed by atoms with van der Waals surface area (Å²) in [5.41, 5.74) is 0.398. The summed E-state index contributed by atoms with van der Waals surface area (Å²) in [4.78, 5) is 26.9. The smallest absolute Gasteiger partial charge is 0.422 e. The Morgan fingerprint density at radius 1 is 1.25 bits per heavy atom. The fraction of sp³-hybridized carbons (Fsp3) is 0.261. The summed E-state index contributed by atoms with van der Waals surface area (Å²) in [5.74, 6) is -2.66. The molecule has 8 nitrogen and oxygen atoms in total. The van der Waals surface area contributed by atoms with Gasteiger partial charge in [-0.3, -0.25) is 4.79 Å². The number of nitrogens with zero attached hydrogens (tertiary/aromatic N) is 2. The number of ether oxygens (including phenoxy) is 2. The number of esters is 1. The molecule has 0 saturated heterocycles. The minimum absolute atomic E-state index is 0.0805. The molecule has 2 rings (SSSR count). The number of aromatic nitrogens is 1. The lowest BCUT2D eigenvalue weighted by Crippen LogP contribution is -2.47. The highest BCUT2D eigenvalue weighted by molar-refractivity contribution is 6.43. The van der Waals surface area contributed by atoms with E-state index in [0.29, 0.717) is 0 Å². The summed E-state index contributed by atoms with van der Waals surface area (Å²) >= 11 is 12.5. The van der Waals surface area contributed by atoms with Crippen molar-refractivity contribution in [2.75, 3.05) is 7.11 Å². The van der Waals surface area contributed by atoms with Crippen LogP contribution >= 0.6 is 23.2 Å². The zero-order chi connectivity index (χ0) is 27.4. The maximum atomic E-state index is 14.2. The van der Waals surface area contributed by atoms with E-state index >= 15 is 0 Å². The van der Waals surface area contributed by atoms with E-state index < -0.39 is 34.8 Å². The number of carbonyl (C=O) groups excluding carboxylic acids is 1. The van der Waals surface area contributed by atoms with Gasteiger partial charge in [0, 0.05) is 37.0 Å². The van der Waals surface area contributed by atoms with E-state index in [1.54, 1.807) is 0 Å². The quantitative estimate of drug-likeness (QED) is 0.221. The number of benzene rings is 1. The molecular weight excluding hydrogens is 526 g/mol. The van der Waals surface area contributed by atoms with Crippen molar-refractivity contribution in [1.82, 2.24) is 4.57 Å². The molecule has 0 spiro atoms. The molecule has 0 radical (unpaired) electrons. The molecule has 0 amide bonds. The van der Waals surface area contributed by atoms with Gasteiger partial charge in [-0.1, -0.05) is 42.8 Å². The van der Waals surface area contributed by atoms with E-state index in [4.69, 9.17) is 33.7 Å². The Labute approximate surface area is 214 Å². The molecule has 194 valence electrons. The summed E-state index contributed by atoms with van der Waals surface area (Å²) in [7, 11) is 2.40. The number of alkyl halides is 3. The van der Waals surface area contributed by atoms with Crippen LogP contribution in [0, 0.1) is 0 Å². The number of hydrogen-bond acceptors (Lipinski definition) is 7. The third kappa shape index (κ3) is 5.75. The first-order valence-corrected chi connectivity index (χ1v) is 10.8. The molecule has 0 aliphatic heterocycles. The fourth-order valence-corrected chi connectivity index (χ4v) is 3.77. The number of aliphatic hydroxyl groups is 1. The second kappa shape index (κ2) is 11.2. The first kappa shape index (κ1) is 29.0. The van der Waals surface area contributed by atoms with Crippen LogP contribution in [0.5, 0.6) is 5.75 Å². The Balaban J connectivity index is 2.44. The average Bonchev–Trinajstić information content (AvgIpc) is 2.82. The Morgan fingerprint density at radius 2 is 1.89 bits per heavy atom. The highest BCUT2D eigenvalue weighted by atomic mass is 35.5. The van der Waals surface area contributed by atoms with Crippen LogP contribution in [-0.4, -0.2) is 35.1 Å². The van der Waals surface area contributed by atoms with Crippen LogP contribution in [0.25, 0.3) is 0 Å². The van der Waals surface area contributed by atoms with Crippen molar-refractivity contribution in [3.63, 3.8) is 0 Å². The van der Waals surface area contributed by atoms with E-state index in [0.717, 1.165) is 49.3 Å². The largest absolute Gasteiger partial charge is 0.464 e. The second-order valence-electron chi connectivity index (χ2n) is 7.50. The van der Waals surface area contributed by atoms with E-state index in [-0.39, 0.29) is 32.8 Å². The number of aliphatic imine (C=N–C) groups is 1. The van der Waals surface area contributed by atoms with Gasteiger partial charge in [-0.05, 0) is 17.7 Å². The van der Waals surface area contributed by atoms with Crippen molar-refractivity contribution in [1.29, 1.82) is 0 Å². The SMILES string of the molecule is C=C(C=N/C(=C\N)C(=O)OC)Oc1ccc([C@@H](C)[C@@](O)(c2ccc(=O)n(C)c2)C(F)(F)F)c(Cl)c1Cl. The van der Waals surface area contributed by atoms with Crippen molar-refractivity contribution in [2.45, 2.75) is 24.6 Å². The molecule has 36 heavy (non-hydrogen) atoms. The molecule has 0 bridgehead atoms. The highest BCUT2D eigenvalue weighted by Gasteiger charge is 2.59. The number of halogens is 5. The van der Waals surface area contributed by atoms with Crippen LogP contribution in [0.3, 0.4) is 0 Å². The molecule has 2 atom stereocenters. The molecule has 13 heteroatoms. The van der Waals surface area contributed by atoms with Gasteiger partial charge in [0.2, 0.25) is 5.56 Å². The number of hydrogen-bond donors (Lipinski definition) is 2. The minimum atomic E-state index is -5.15. The number of nitrogens with two attached hydrogens (primary N) is 1. The first-order chi connectivity index (χ1) is 16.7. The summed E-state index contributed by atoms with van der Waals surface area (Å²) in [5, 5.41) is 10.4. The third-order valence-corrected chi connectivity index (χ3v) is 6.15. The molecule has 0 aliphatic carbocycles. The lowest BCUT2D eigenvalue weighted by molar-refractivity contribution is -0.274. The summed E-state index contributed by atoms with van der Waals surface area (Å²) < 4.78 is 53.4. The van der Waals surface area contributed by atoms with Crippen molar-refractivity contribution in [2.24, 2.45) is 17.8 Å². The van der Waals surface area contributed by atoms with E-state index in [1.165, 1.54) is 19.2 Å². The van der Waals surface area contributed by atoms with Crippen molar-refractivity contribution < 1.29 is 32.5 Å². The van der Waals surface area contributed by atoms with E-state index in [9.17, 15) is 27.9 Å². The Kier molecular flexibility index (Phi) is 9.00. The highest BCUT2D eigenvalue weighted by Crippen LogP contribution is 2.51. The number of allylic oxidation sites excluding steroid dienone is 1. The number of pyridine rings is 1. The van der Waals surface area contributed by atoms with Gasteiger partial charge >= 0.3 is 12.1 Å². The monoisotopic (exact) mass is 547 g/mol. The van der Waals surface area contributed by atoms with Crippen LogP contribution in [0.4, 0.5) is 13.2 Å². The van der Waals surface area contributed by atoms with Gasteiger partial charge in [0.15, 0.2) is 11.3 Å². The van der Waals surface area contributed by atoms with Crippen molar-refractivity contribution >= 4 is 35.4 Å². The number of carbonyl (C=O) groups is 1. The lowest BCUT2D eigenvalue weighted by atomic mass is 9.78. The molecule has 1 heterocycles. The minimum Gasteiger partial charge on any atom is -0.464 e. The molecular formula is C23H22Cl2F3N3O5. The van der Waals surface area contributed by atoms with Crippen LogP contribution in [-0.2, 0) is 22.2 Å². The van der Waals surface area contributed by atoms with Gasteiger partial charge in [-0.2, -0.15) is 13.2 Å². The molecule has 0 unspecified atom stereocenters. The van der Waals surface area contributed by atoms with Crippen molar-refractivity contribution in [3.05, 3.63) is 86.2 Å². The Hall–Kier alpha value is -3.28. The maximum Gasteiger partial charge on any atom is 0.422 e. The molecule has 0 saturated carbocycles. The second-order valence-corrected chi connectivity index (χ2v) is 8.26. The van der Waals surface area contributed by atoms with Crippen LogP contribution in [0.2, 0.25) is 10.0 Å². The lowest BCUT2D eigenvalue weighted by Gasteiger charge is -2.37. The Morgan fingerprint density at radius 3 is 2.42 bits per heavy atom. The predicted molar refractivity (Wildman–Crippen MR) is 129 cm³/mol. The molecule has 1 aromatic carbocycles. The van der Waals surface area contributed by atoms with Crippen LogP contribution in [0.15, 0.2) is 64.5 Å². The maximum absolute atomic E-state index is 14.2. The Bertz CT molecular complexity index is 1290. The summed E-state index contributed by atoms with van der Waals surface area (Å²) in [6.07, 6.45) is -2.30. The van der Waals surface area contributed by atoms with Crippen LogP contribution < -0.4 is 16.0 Å². The molecule has 0 aliphatic rings. The number of rotatable bonds is 8. The van der Waals surface area contributed by atoms with Gasteiger partial charge in [-0.25, -0.2) is 9.79 Å². The zero-order valence-electron chi connectivity index (χ0n) is 19.3. The van der Waals surface area contributed by atoms with Gasteiger partial charge in [0.25, 0.3) is 0 Å². The van der Waals surface area contributed by atoms with Gasteiger partial charge in [0.05, 0.1) is 18.3 Å². The normalized spacial score (nSPS) is 14.9.